The number of halogens is 1. The number of rotatable bonds is 7. The summed E-state index contributed by atoms with van der Waals surface area (Å²) in [6, 6.07) is 13.5. The molecule has 0 atom stereocenters. The maximum atomic E-state index is 12.8. The number of hydrogen-bond acceptors (Lipinski definition) is 2. The van der Waals surface area contributed by atoms with Gasteiger partial charge in [0.25, 0.3) is 0 Å². The fourth-order valence-electron chi connectivity index (χ4n) is 2.38. The van der Waals surface area contributed by atoms with E-state index in [4.69, 9.17) is 0 Å². The molecule has 6 heteroatoms. The lowest BCUT2D eigenvalue weighted by Crippen LogP contribution is -2.42. The maximum Gasteiger partial charge on any atom is 0.315 e. The molecule has 0 heterocycles. The lowest BCUT2D eigenvalue weighted by Gasteiger charge is -2.18. The number of nitrogens with zero attached hydrogens (tertiary/aromatic N) is 1. The molecule has 2 aromatic carbocycles. The summed E-state index contributed by atoms with van der Waals surface area (Å²) in [6.45, 7) is 2.76. The molecule has 0 spiro atoms. The Balaban J connectivity index is 1.72. The van der Waals surface area contributed by atoms with Crippen molar-refractivity contribution in [3.63, 3.8) is 0 Å². The average Bonchev–Trinajstić information content (AvgIpc) is 2.66. The van der Waals surface area contributed by atoms with Gasteiger partial charge in [-0.3, -0.25) is 4.79 Å². The zero-order valence-corrected chi connectivity index (χ0v) is 15.1. The molecule has 0 aliphatic heterocycles. The molecule has 2 rings (SSSR count). The molecule has 2 N–H and O–H groups in total. The Hall–Kier alpha value is -2.89. The van der Waals surface area contributed by atoms with E-state index in [-0.39, 0.29) is 24.8 Å². The molecule has 3 amide bonds. The molecule has 0 saturated heterocycles. The van der Waals surface area contributed by atoms with E-state index in [1.165, 1.54) is 17.7 Å². The Morgan fingerprint density at radius 2 is 1.50 bits per heavy atom. The second kappa shape index (κ2) is 9.56. The molecule has 0 saturated carbocycles. The fourth-order valence-corrected chi connectivity index (χ4v) is 2.38. The van der Waals surface area contributed by atoms with E-state index in [1.807, 2.05) is 12.1 Å². The zero-order chi connectivity index (χ0) is 18.9. The van der Waals surface area contributed by atoms with Gasteiger partial charge >= 0.3 is 6.03 Å². The summed E-state index contributed by atoms with van der Waals surface area (Å²) < 4.78 is 12.8. The first-order valence-electron chi connectivity index (χ1n) is 8.56. The number of benzene rings is 2. The van der Waals surface area contributed by atoms with Gasteiger partial charge in [0.1, 0.15) is 5.82 Å². The van der Waals surface area contributed by atoms with Crippen LogP contribution in [0.4, 0.5) is 9.18 Å². The monoisotopic (exact) mass is 357 g/mol. The Morgan fingerprint density at radius 1 is 0.923 bits per heavy atom. The van der Waals surface area contributed by atoms with Crippen LogP contribution in [-0.2, 0) is 24.3 Å². The van der Waals surface area contributed by atoms with Gasteiger partial charge in [0, 0.05) is 20.1 Å². The highest BCUT2D eigenvalue weighted by Crippen LogP contribution is 2.07. The third-order valence-electron chi connectivity index (χ3n) is 4.04. The van der Waals surface area contributed by atoms with Crippen molar-refractivity contribution in [2.45, 2.75) is 26.4 Å². The Morgan fingerprint density at radius 3 is 2.12 bits per heavy atom. The van der Waals surface area contributed by atoms with Crippen molar-refractivity contribution < 1.29 is 14.0 Å². The van der Waals surface area contributed by atoms with Crippen molar-refractivity contribution in [1.29, 1.82) is 0 Å². The summed E-state index contributed by atoms with van der Waals surface area (Å²) in [4.78, 5) is 25.5. The van der Waals surface area contributed by atoms with E-state index in [1.54, 1.807) is 24.1 Å². The van der Waals surface area contributed by atoms with Gasteiger partial charge in [0.15, 0.2) is 0 Å². The van der Waals surface area contributed by atoms with Crippen LogP contribution in [0.1, 0.15) is 23.6 Å². The molecule has 0 radical (unpaired) electrons. The molecule has 0 aliphatic carbocycles. The first-order valence-corrected chi connectivity index (χ1v) is 8.56. The smallest absolute Gasteiger partial charge is 0.315 e. The molecule has 0 bridgehead atoms. The SMILES string of the molecule is CCc1ccc(CN(C)C(=O)CNC(=O)NCc2ccc(F)cc2)cc1. The van der Waals surface area contributed by atoms with E-state index in [0.29, 0.717) is 6.54 Å². The van der Waals surface area contributed by atoms with E-state index < -0.39 is 6.03 Å². The van der Waals surface area contributed by atoms with Gasteiger partial charge in [-0.05, 0) is 35.2 Å². The topological polar surface area (TPSA) is 61.4 Å². The average molecular weight is 357 g/mol. The van der Waals surface area contributed by atoms with Crippen LogP contribution < -0.4 is 10.6 Å². The highest BCUT2D eigenvalue weighted by Gasteiger charge is 2.11. The lowest BCUT2D eigenvalue weighted by molar-refractivity contribution is -0.129. The van der Waals surface area contributed by atoms with E-state index in [0.717, 1.165) is 17.5 Å². The van der Waals surface area contributed by atoms with E-state index in [2.05, 4.69) is 29.7 Å². The van der Waals surface area contributed by atoms with Crippen LogP contribution in [0.25, 0.3) is 0 Å². The van der Waals surface area contributed by atoms with Crippen LogP contribution >= 0.6 is 0 Å². The molecule has 0 fully saturated rings. The highest BCUT2D eigenvalue weighted by atomic mass is 19.1. The van der Waals surface area contributed by atoms with Crippen molar-refractivity contribution in [3.05, 3.63) is 71.0 Å². The van der Waals surface area contributed by atoms with Crippen molar-refractivity contribution >= 4 is 11.9 Å². The normalized spacial score (nSPS) is 10.3. The van der Waals surface area contributed by atoms with Crippen LogP contribution in [0.15, 0.2) is 48.5 Å². The first-order chi connectivity index (χ1) is 12.5. The van der Waals surface area contributed by atoms with Gasteiger partial charge in [-0.25, -0.2) is 9.18 Å². The third-order valence-corrected chi connectivity index (χ3v) is 4.04. The largest absolute Gasteiger partial charge is 0.340 e. The fraction of sp³-hybridized carbons (Fsp3) is 0.300. The number of carbonyl (C=O) groups is 2. The summed E-state index contributed by atoms with van der Waals surface area (Å²) in [5.41, 5.74) is 3.07. The molecule has 0 aromatic heterocycles. The summed E-state index contributed by atoms with van der Waals surface area (Å²) in [6.07, 6.45) is 0.978. The molecule has 138 valence electrons. The quantitative estimate of drug-likeness (QED) is 0.800. The highest BCUT2D eigenvalue weighted by molar-refractivity contribution is 5.83. The van der Waals surface area contributed by atoms with Crippen LogP contribution in [0.3, 0.4) is 0 Å². The number of aryl methyl sites for hydroxylation is 1. The van der Waals surface area contributed by atoms with Gasteiger partial charge in [0.2, 0.25) is 5.91 Å². The van der Waals surface area contributed by atoms with Crippen LogP contribution in [-0.4, -0.2) is 30.4 Å². The number of hydrogen-bond donors (Lipinski definition) is 2. The number of carbonyl (C=O) groups excluding carboxylic acids is 2. The number of likely N-dealkylation sites (N-methyl/N-ethyl adjacent to an activating group) is 1. The molecule has 5 nitrogen and oxygen atoms in total. The minimum Gasteiger partial charge on any atom is -0.340 e. The van der Waals surface area contributed by atoms with Crippen molar-refractivity contribution in [2.24, 2.45) is 0 Å². The molecule has 2 aromatic rings. The molecule has 0 aliphatic rings. The van der Waals surface area contributed by atoms with Gasteiger partial charge in [-0.1, -0.05) is 43.3 Å². The van der Waals surface area contributed by atoms with Crippen molar-refractivity contribution in [1.82, 2.24) is 15.5 Å². The zero-order valence-electron chi connectivity index (χ0n) is 15.1. The first kappa shape index (κ1) is 19.4. The van der Waals surface area contributed by atoms with Crippen LogP contribution in [0.5, 0.6) is 0 Å². The van der Waals surface area contributed by atoms with Crippen LogP contribution in [0, 0.1) is 5.82 Å². The van der Waals surface area contributed by atoms with Gasteiger partial charge < -0.3 is 15.5 Å². The lowest BCUT2D eigenvalue weighted by atomic mass is 10.1. The number of amides is 3. The Bertz CT molecular complexity index is 730. The minimum atomic E-state index is -0.441. The summed E-state index contributed by atoms with van der Waals surface area (Å²) >= 11 is 0. The van der Waals surface area contributed by atoms with Gasteiger partial charge in [0.05, 0.1) is 6.54 Å². The summed E-state index contributed by atoms with van der Waals surface area (Å²) in [5.74, 6) is -0.502. The number of nitrogens with one attached hydrogen (secondary N) is 2. The van der Waals surface area contributed by atoms with Crippen molar-refractivity contribution in [3.8, 4) is 0 Å². The standard InChI is InChI=1S/C20H24FN3O2/c1-3-15-4-6-17(7-5-15)14-24(2)19(25)13-23-20(26)22-12-16-8-10-18(21)11-9-16/h4-11H,3,12-14H2,1-2H3,(H2,22,23,26). The second-order valence-electron chi connectivity index (χ2n) is 6.08. The minimum absolute atomic E-state index is 0.0845. The molecular formula is C20H24FN3O2. The third kappa shape index (κ3) is 6.20. The summed E-state index contributed by atoms with van der Waals surface area (Å²) in [7, 11) is 1.70. The Kier molecular flexibility index (Phi) is 7.14. The second-order valence-corrected chi connectivity index (χ2v) is 6.08. The van der Waals surface area contributed by atoms with Gasteiger partial charge in [-0.15, -0.1) is 0 Å². The van der Waals surface area contributed by atoms with Crippen LogP contribution in [0.2, 0.25) is 0 Å². The predicted molar refractivity (Wildman–Crippen MR) is 98.9 cm³/mol. The van der Waals surface area contributed by atoms with E-state index >= 15 is 0 Å². The maximum absolute atomic E-state index is 12.8. The predicted octanol–water partition coefficient (Wildman–Crippen LogP) is 2.85. The molecule has 26 heavy (non-hydrogen) atoms. The van der Waals surface area contributed by atoms with Crippen molar-refractivity contribution in [2.75, 3.05) is 13.6 Å². The van der Waals surface area contributed by atoms with E-state index in [9.17, 15) is 14.0 Å². The molecular weight excluding hydrogens is 333 g/mol. The summed E-state index contributed by atoms with van der Waals surface area (Å²) in [5, 5.41) is 5.17. The Labute approximate surface area is 153 Å². The number of urea groups is 1. The van der Waals surface area contributed by atoms with Gasteiger partial charge in [-0.2, -0.15) is 0 Å². The molecule has 0 unspecified atom stereocenters.